The summed E-state index contributed by atoms with van der Waals surface area (Å²) in [4.78, 5) is 9.21. The smallest absolute Gasteiger partial charge is 0.156 e. The summed E-state index contributed by atoms with van der Waals surface area (Å²) < 4.78 is 17.5. The second-order valence-corrected chi connectivity index (χ2v) is 7.55. The van der Waals surface area contributed by atoms with Crippen molar-refractivity contribution in [1.29, 1.82) is 0 Å². The summed E-state index contributed by atoms with van der Waals surface area (Å²) in [6.07, 6.45) is 9.83. The molecule has 0 amide bonds. The standard InChI is InChI=1S/C22H23FN6/c1-24-19-13-29-20(26-19)12-11-18(27-29)22-21(15-7-9-16(23)10-8-15)25-14-28(22)17-5-3-2-4-6-17/h7-14,17,24H,2-6H2,1H3. The Labute approximate surface area is 168 Å². The third kappa shape index (κ3) is 3.26. The van der Waals surface area contributed by atoms with Crippen molar-refractivity contribution < 1.29 is 4.39 Å². The van der Waals surface area contributed by atoms with Crippen LogP contribution in [-0.4, -0.2) is 31.2 Å². The van der Waals surface area contributed by atoms with Gasteiger partial charge in [0.05, 0.1) is 23.9 Å². The highest BCUT2D eigenvalue weighted by molar-refractivity contribution is 5.77. The van der Waals surface area contributed by atoms with Gasteiger partial charge in [-0.2, -0.15) is 5.10 Å². The van der Waals surface area contributed by atoms with E-state index in [1.165, 1.54) is 31.4 Å². The SMILES string of the molecule is CNc1cn2nc(-c3c(-c4ccc(F)cc4)ncn3C3CCCCC3)ccc2n1. The molecule has 1 N–H and O–H groups in total. The van der Waals surface area contributed by atoms with Gasteiger partial charge >= 0.3 is 0 Å². The highest BCUT2D eigenvalue weighted by Gasteiger charge is 2.23. The van der Waals surface area contributed by atoms with E-state index in [2.05, 4.69) is 14.9 Å². The minimum absolute atomic E-state index is 0.250. The molecule has 7 heteroatoms. The molecular formula is C22H23FN6. The average molecular weight is 390 g/mol. The molecule has 1 aliphatic carbocycles. The Kier molecular flexibility index (Phi) is 4.50. The van der Waals surface area contributed by atoms with Crippen LogP contribution in [0.1, 0.15) is 38.1 Å². The zero-order valence-corrected chi connectivity index (χ0v) is 16.3. The van der Waals surface area contributed by atoms with Gasteiger partial charge in [-0.3, -0.25) is 0 Å². The highest BCUT2D eigenvalue weighted by Crippen LogP contribution is 2.37. The summed E-state index contributed by atoms with van der Waals surface area (Å²) in [5, 5.41) is 7.88. The Balaban J connectivity index is 1.67. The van der Waals surface area contributed by atoms with Gasteiger partial charge in [0.25, 0.3) is 0 Å². The number of halogens is 1. The molecule has 3 heterocycles. The molecule has 0 unspecified atom stereocenters. The monoisotopic (exact) mass is 390 g/mol. The summed E-state index contributed by atoms with van der Waals surface area (Å²) in [7, 11) is 1.84. The lowest BCUT2D eigenvalue weighted by atomic mass is 9.95. The number of nitrogens with zero attached hydrogens (tertiary/aromatic N) is 5. The predicted molar refractivity (Wildman–Crippen MR) is 111 cm³/mol. The molecule has 0 saturated heterocycles. The molecule has 0 bridgehead atoms. The van der Waals surface area contributed by atoms with Gasteiger partial charge in [-0.15, -0.1) is 0 Å². The predicted octanol–water partition coefficient (Wildman–Crippen LogP) is 4.95. The first kappa shape index (κ1) is 17.8. The third-order valence-corrected chi connectivity index (χ3v) is 5.70. The van der Waals surface area contributed by atoms with Crippen LogP contribution < -0.4 is 5.32 Å². The van der Waals surface area contributed by atoms with Crippen LogP contribution in [0.3, 0.4) is 0 Å². The average Bonchev–Trinajstić information content (AvgIpc) is 3.38. The van der Waals surface area contributed by atoms with Gasteiger partial charge in [-0.05, 0) is 49.2 Å². The number of nitrogens with one attached hydrogen (secondary N) is 1. The van der Waals surface area contributed by atoms with Gasteiger partial charge in [0.2, 0.25) is 0 Å². The summed E-state index contributed by atoms with van der Waals surface area (Å²) in [5.41, 5.74) is 4.31. The fourth-order valence-corrected chi connectivity index (χ4v) is 4.20. The molecule has 5 rings (SSSR count). The summed E-state index contributed by atoms with van der Waals surface area (Å²) in [6, 6.07) is 10.9. The minimum atomic E-state index is -0.250. The van der Waals surface area contributed by atoms with Crippen LogP contribution >= 0.6 is 0 Å². The fourth-order valence-electron chi connectivity index (χ4n) is 4.20. The van der Waals surface area contributed by atoms with Crippen LogP contribution in [0.5, 0.6) is 0 Å². The summed E-state index contributed by atoms with van der Waals surface area (Å²) in [5.74, 6) is 0.522. The van der Waals surface area contributed by atoms with Crippen molar-refractivity contribution in [3.05, 3.63) is 54.7 Å². The number of benzene rings is 1. The minimum Gasteiger partial charge on any atom is -0.372 e. The normalized spacial score (nSPS) is 15.1. The lowest BCUT2D eigenvalue weighted by Gasteiger charge is -2.25. The van der Waals surface area contributed by atoms with Gasteiger partial charge < -0.3 is 9.88 Å². The van der Waals surface area contributed by atoms with Crippen LogP contribution in [0.4, 0.5) is 10.2 Å². The molecule has 0 aliphatic heterocycles. The van der Waals surface area contributed by atoms with Crippen LogP contribution in [0.2, 0.25) is 0 Å². The molecule has 1 fully saturated rings. The first-order valence-corrected chi connectivity index (χ1v) is 10.1. The molecule has 4 aromatic rings. The molecular weight excluding hydrogens is 367 g/mol. The zero-order chi connectivity index (χ0) is 19.8. The summed E-state index contributed by atoms with van der Waals surface area (Å²) in [6.45, 7) is 0. The van der Waals surface area contributed by atoms with Gasteiger partial charge in [0.15, 0.2) is 5.65 Å². The van der Waals surface area contributed by atoms with Gasteiger partial charge in [0.1, 0.15) is 17.3 Å². The molecule has 1 aromatic carbocycles. The van der Waals surface area contributed by atoms with Gasteiger partial charge in [-0.1, -0.05) is 19.3 Å². The van der Waals surface area contributed by atoms with E-state index in [1.807, 2.05) is 31.7 Å². The van der Waals surface area contributed by atoms with E-state index in [4.69, 9.17) is 10.1 Å². The van der Waals surface area contributed by atoms with Crippen molar-refractivity contribution in [2.75, 3.05) is 12.4 Å². The molecule has 0 spiro atoms. The van der Waals surface area contributed by atoms with E-state index in [-0.39, 0.29) is 5.82 Å². The number of imidazole rings is 2. The van der Waals surface area contributed by atoms with E-state index in [0.717, 1.165) is 47.0 Å². The lowest BCUT2D eigenvalue weighted by Crippen LogP contribution is -2.13. The maximum atomic E-state index is 13.5. The van der Waals surface area contributed by atoms with Crippen molar-refractivity contribution in [3.8, 4) is 22.6 Å². The Morgan fingerprint density at radius 2 is 1.83 bits per heavy atom. The Morgan fingerprint density at radius 1 is 1.03 bits per heavy atom. The van der Waals surface area contributed by atoms with Crippen molar-refractivity contribution >= 4 is 11.5 Å². The number of aromatic nitrogens is 5. The van der Waals surface area contributed by atoms with E-state index >= 15 is 0 Å². The topological polar surface area (TPSA) is 60.0 Å². The van der Waals surface area contributed by atoms with Crippen LogP contribution in [0.25, 0.3) is 28.3 Å². The highest BCUT2D eigenvalue weighted by atomic mass is 19.1. The maximum Gasteiger partial charge on any atom is 0.156 e. The first-order chi connectivity index (χ1) is 14.2. The number of hydrogen-bond acceptors (Lipinski definition) is 4. The Morgan fingerprint density at radius 3 is 2.59 bits per heavy atom. The Hall–Kier alpha value is -3.22. The molecule has 3 aromatic heterocycles. The molecule has 1 saturated carbocycles. The van der Waals surface area contributed by atoms with Crippen LogP contribution in [0.15, 0.2) is 48.9 Å². The van der Waals surface area contributed by atoms with E-state index in [1.54, 1.807) is 16.6 Å². The van der Waals surface area contributed by atoms with Crippen molar-refractivity contribution in [1.82, 2.24) is 24.1 Å². The van der Waals surface area contributed by atoms with E-state index in [0.29, 0.717) is 6.04 Å². The van der Waals surface area contributed by atoms with Crippen molar-refractivity contribution in [2.24, 2.45) is 0 Å². The molecule has 29 heavy (non-hydrogen) atoms. The quantitative estimate of drug-likeness (QED) is 0.536. The third-order valence-electron chi connectivity index (χ3n) is 5.70. The van der Waals surface area contributed by atoms with Crippen molar-refractivity contribution in [2.45, 2.75) is 38.1 Å². The molecule has 1 aliphatic rings. The number of anilines is 1. The second-order valence-electron chi connectivity index (χ2n) is 7.55. The summed E-state index contributed by atoms with van der Waals surface area (Å²) >= 11 is 0. The maximum absolute atomic E-state index is 13.5. The van der Waals surface area contributed by atoms with Crippen molar-refractivity contribution in [3.63, 3.8) is 0 Å². The molecule has 0 radical (unpaired) electrons. The lowest BCUT2D eigenvalue weighted by molar-refractivity contribution is 0.355. The van der Waals surface area contributed by atoms with E-state index in [9.17, 15) is 4.39 Å². The Bertz CT molecular complexity index is 1140. The zero-order valence-electron chi connectivity index (χ0n) is 16.3. The van der Waals surface area contributed by atoms with E-state index < -0.39 is 0 Å². The number of rotatable bonds is 4. The number of fused-ring (bicyclic) bond motifs is 1. The fraction of sp³-hybridized carbons (Fsp3) is 0.318. The van der Waals surface area contributed by atoms with Gasteiger partial charge in [0, 0.05) is 18.7 Å². The second kappa shape index (κ2) is 7.31. The van der Waals surface area contributed by atoms with Crippen LogP contribution in [-0.2, 0) is 0 Å². The molecule has 0 atom stereocenters. The molecule has 148 valence electrons. The van der Waals surface area contributed by atoms with Gasteiger partial charge in [-0.25, -0.2) is 18.9 Å². The molecule has 6 nitrogen and oxygen atoms in total. The largest absolute Gasteiger partial charge is 0.372 e. The first-order valence-electron chi connectivity index (χ1n) is 10.1. The number of hydrogen-bond donors (Lipinski definition) is 1. The van der Waals surface area contributed by atoms with Crippen LogP contribution in [0, 0.1) is 5.82 Å².